The van der Waals surface area contributed by atoms with Gasteiger partial charge in [0, 0.05) is 30.9 Å². The average molecular weight is 336 g/mol. The lowest BCUT2D eigenvalue weighted by Gasteiger charge is -2.17. The Morgan fingerprint density at radius 2 is 2.08 bits per heavy atom. The van der Waals surface area contributed by atoms with E-state index in [1.165, 1.54) is 5.56 Å². The zero-order valence-electron chi connectivity index (χ0n) is 14.5. The van der Waals surface area contributed by atoms with Crippen molar-refractivity contribution in [3.8, 4) is 0 Å². The molecule has 130 valence electrons. The summed E-state index contributed by atoms with van der Waals surface area (Å²) in [7, 11) is 0. The number of benzene rings is 2. The number of anilines is 2. The Morgan fingerprint density at radius 3 is 2.92 bits per heavy atom. The van der Waals surface area contributed by atoms with Crippen LogP contribution in [0.25, 0.3) is 0 Å². The zero-order chi connectivity index (χ0) is 17.6. The van der Waals surface area contributed by atoms with Crippen molar-refractivity contribution in [3.05, 3.63) is 59.7 Å². The van der Waals surface area contributed by atoms with Crippen LogP contribution in [0, 0.1) is 6.92 Å². The predicted octanol–water partition coefficient (Wildman–Crippen LogP) is 3.09. The van der Waals surface area contributed by atoms with Crippen LogP contribution < -0.4 is 16.0 Å². The number of carbonyl (C=O) groups is 1. The third kappa shape index (κ3) is 4.38. The number of nitrogens with two attached hydrogens (primary N) is 1. The number of fused-ring (bicyclic) bond motifs is 1. The minimum Gasteiger partial charge on any atom is -0.370 e. The summed E-state index contributed by atoms with van der Waals surface area (Å²) in [6, 6.07) is 16.1. The first-order chi connectivity index (χ1) is 12.1. The molecule has 0 spiro atoms. The summed E-state index contributed by atoms with van der Waals surface area (Å²) >= 11 is 0. The van der Waals surface area contributed by atoms with Crippen molar-refractivity contribution in [2.75, 3.05) is 23.3 Å². The van der Waals surface area contributed by atoms with E-state index < -0.39 is 0 Å². The fraction of sp³-hybridized carbons (Fsp3) is 0.300. The summed E-state index contributed by atoms with van der Waals surface area (Å²) in [5.41, 5.74) is 10.3. The van der Waals surface area contributed by atoms with Gasteiger partial charge < -0.3 is 16.0 Å². The molecule has 0 bridgehead atoms. The van der Waals surface area contributed by atoms with Gasteiger partial charge in [0.05, 0.1) is 0 Å². The SMILES string of the molecule is Cc1cccc(NC(N)=NCCCC(=O)N2CCc3ccccc32)c1. The van der Waals surface area contributed by atoms with Crippen molar-refractivity contribution in [1.82, 2.24) is 0 Å². The Labute approximate surface area is 148 Å². The molecule has 0 aliphatic carbocycles. The molecule has 3 rings (SSSR count). The van der Waals surface area contributed by atoms with Gasteiger partial charge in [-0.15, -0.1) is 0 Å². The van der Waals surface area contributed by atoms with Crippen molar-refractivity contribution in [3.63, 3.8) is 0 Å². The molecule has 1 amide bonds. The number of amides is 1. The van der Waals surface area contributed by atoms with Gasteiger partial charge in [0.1, 0.15) is 0 Å². The third-order valence-electron chi connectivity index (χ3n) is 4.31. The topological polar surface area (TPSA) is 70.7 Å². The highest BCUT2D eigenvalue weighted by Gasteiger charge is 2.23. The smallest absolute Gasteiger partial charge is 0.227 e. The van der Waals surface area contributed by atoms with E-state index in [0.717, 1.165) is 29.9 Å². The van der Waals surface area contributed by atoms with Gasteiger partial charge >= 0.3 is 0 Å². The van der Waals surface area contributed by atoms with Crippen LogP contribution in [0.4, 0.5) is 11.4 Å². The van der Waals surface area contributed by atoms with Crippen LogP contribution in [0.2, 0.25) is 0 Å². The molecule has 0 fully saturated rings. The summed E-state index contributed by atoms with van der Waals surface area (Å²) in [6.07, 6.45) is 2.11. The van der Waals surface area contributed by atoms with Crippen LogP contribution in [0.3, 0.4) is 0 Å². The monoisotopic (exact) mass is 336 g/mol. The van der Waals surface area contributed by atoms with Crippen molar-refractivity contribution < 1.29 is 4.79 Å². The van der Waals surface area contributed by atoms with E-state index in [1.807, 2.05) is 54.3 Å². The van der Waals surface area contributed by atoms with Gasteiger partial charge in [-0.3, -0.25) is 9.79 Å². The highest BCUT2D eigenvalue weighted by molar-refractivity contribution is 5.95. The van der Waals surface area contributed by atoms with Crippen LogP contribution in [-0.2, 0) is 11.2 Å². The molecule has 2 aromatic rings. The maximum atomic E-state index is 12.4. The van der Waals surface area contributed by atoms with E-state index in [2.05, 4.69) is 16.4 Å². The Morgan fingerprint density at radius 1 is 1.24 bits per heavy atom. The number of hydrogen-bond acceptors (Lipinski definition) is 2. The number of hydrogen-bond donors (Lipinski definition) is 2. The quantitative estimate of drug-likeness (QED) is 0.501. The van der Waals surface area contributed by atoms with E-state index in [9.17, 15) is 4.79 Å². The van der Waals surface area contributed by atoms with Gasteiger partial charge in [-0.25, -0.2) is 0 Å². The minimum absolute atomic E-state index is 0.158. The lowest BCUT2D eigenvalue weighted by atomic mass is 10.2. The molecule has 5 heteroatoms. The molecular formula is C20H24N4O. The van der Waals surface area contributed by atoms with E-state index in [4.69, 9.17) is 5.73 Å². The molecule has 1 heterocycles. The summed E-state index contributed by atoms with van der Waals surface area (Å²) < 4.78 is 0. The molecule has 1 aliphatic heterocycles. The highest BCUT2D eigenvalue weighted by Crippen LogP contribution is 2.27. The number of nitrogens with one attached hydrogen (secondary N) is 1. The molecule has 1 aliphatic rings. The molecular weight excluding hydrogens is 312 g/mol. The Balaban J connectivity index is 1.46. The Bertz CT molecular complexity index is 785. The first-order valence-corrected chi connectivity index (χ1v) is 8.65. The molecule has 0 radical (unpaired) electrons. The summed E-state index contributed by atoms with van der Waals surface area (Å²) in [5, 5.41) is 3.07. The molecule has 2 aromatic carbocycles. The fourth-order valence-electron chi connectivity index (χ4n) is 3.07. The Kier molecular flexibility index (Phi) is 5.33. The number of rotatable bonds is 5. The molecule has 0 aromatic heterocycles. The molecule has 25 heavy (non-hydrogen) atoms. The van der Waals surface area contributed by atoms with E-state index in [-0.39, 0.29) is 5.91 Å². The number of carbonyl (C=O) groups excluding carboxylic acids is 1. The number of para-hydroxylation sites is 1. The first kappa shape index (κ1) is 17.0. The van der Waals surface area contributed by atoms with Gasteiger partial charge in [-0.1, -0.05) is 30.3 Å². The number of guanidine groups is 1. The number of nitrogens with zero attached hydrogens (tertiary/aromatic N) is 2. The average Bonchev–Trinajstić information content (AvgIpc) is 3.03. The minimum atomic E-state index is 0.158. The second kappa shape index (κ2) is 7.83. The maximum absolute atomic E-state index is 12.4. The van der Waals surface area contributed by atoms with Gasteiger partial charge in [0.2, 0.25) is 5.91 Å². The second-order valence-corrected chi connectivity index (χ2v) is 6.29. The Hall–Kier alpha value is -2.82. The first-order valence-electron chi connectivity index (χ1n) is 8.65. The molecule has 3 N–H and O–H groups in total. The second-order valence-electron chi connectivity index (χ2n) is 6.29. The number of aryl methyl sites for hydroxylation is 1. The summed E-state index contributed by atoms with van der Waals surface area (Å²) in [4.78, 5) is 18.6. The van der Waals surface area contributed by atoms with Crippen LogP contribution in [0.1, 0.15) is 24.0 Å². The van der Waals surface area contributed by atoms with Crippen molar-refractivity contribution in [2.45, 2.75) is 26.2 Å². The van der Waals surface area contributed by atoms with Gasteiger partial charge in [-0.2, -0.15) is 0 Å². The van der Waals surface area contributed by atoms with Crippen LogP contribution in [0.15, 0.2) is 53.5 Å². The maximum Gasteiger partial charge on any atom is 0.227 e. The molecule has 5 nitrogen and oxygen atoms in total. The lowest BCUT2D eigenvalue weighted by Crippen LogP contribution is -2.28. The number of aliphatic imine (C=N–C) groups is 1. The van der Waals surface area contributed by atoms with Crippen molar-refractivity contribution in [2.24, 2.45) is 10.7 Å². The standard InChI is InChI=1S/C20H24N4O/c1-15-6-4-8-17(14-15)23-20(21)22-12-5-10-19(25)24-13-11-16-7-2-3-9-18(16)24/h2-4,6-9,14H,5,10-13H2,1H3,(H3,21,22,23). The van der Waals surface area contributed by atoms with Gasteiger partial charge in [0.15, 0.2) is 5.96 Å². The molecule has 0 atom stereocenters. The van der Waals surface area contributed by atoms with Crippen LogP contribution in [0.5, 0.6) is 0 Å². The normalized spacial score (nSPS) is 13.6. The van der Waals surface area contributed by atoms with Crippen molar-refractivity contribution >= 4 is 23.2 Å². The fourth-order valence-corrected chi connectivity index (χ4v) is 3.07. The molecule has 0 saturated carbocycles. The lowest BCUT2D eigenvalue weighted by molar-refractivity contribution is -0.118. The molecule has 0 saturated heterocycles. The van der Waals surface area contributed by atoms with Gasteiger partial charge in [-0.05, 0) is 49.1 Å². The van der Waals surface area contributed by atoms with E-state index in [0.29, 0.717) is 25.3 Å². The van der Waals surface area contributed by atoms with Crippen LogP contribution >= 0.6 is 0 Å². The molecule has 0 unspecified atom stereocenters. The summed E-state index contributed by atoms with van der Waals surface area (Å²) in [6.45, 7) is 3.34. The zero-order valence-corrected chi connectivity index (χ0v) is 14.5. The largest absolute Gasteiger partial charge is 0.370 e. The highest BCUT2D eigenvalue weighted by atomic mass is 16.2. The predicted molar refractivity (Wildman–Crippen MR) is 103 cm³/mol. The van der Waals surface area contributed by atoms with Gasteiger partial charge in [0.25, 0.3) is 0 Å². The van der Waals surface area contributed by atoms with Crippen molar-refractivity contribution in [1.29, 1.82) is 0 Å². The van der Waals surface area contributed by atoms with E-state index >= 15 is 0 Å². The third-order valence-corrected chi connectivity index (χ3v) is 4.31. The summed E-state index contributed by atoms with van der Waals surface area (Å²) in [5.74, 6) is 0.537. The van der Waals surface area contributed by atoms with Crippen LogP contribution in [-0.4, -0.2) is 25.0 Å². The van der Waals surface area contributed by atoms with E-state index in [1.54, 1.807) is 0 Å².